The van der Waals surface area contributed by atoms with E-state index in [1.54, 1.807) is 0 Å². The summed E-state index contributed by atoms with van der Waals surface area (Å²) in [7, 11) is 2.15. The maximum Gasteiger partial charge on any atom is 0.220 e. The molecule has 1 amide bonds. The number of nitrogens with one attached hydrogen (secondary N) is 1. The smallest absolute Gasteiger partial charge is 0.220 e. The summed E-state index contributed by atoms with van der Waals surface area (Å²) in [6.07, 6.45) is 7.25. The van der Waals surface area contributed by atoms with Gasteiger partial charge in [-0.05, 0) is 19.9 Å². The second kappa shape index (κ2) is 8.14. The Morgan fingerprint density at radius 1 is 1.29 bits per heavy atom. The molecule has 0 aromatic heterocycles. The fourth-order valence-electron chi connectivity index (χ4n) is 2.16. The summed E-state index contributed by atoms with van der Waals surface area (Å²) in [5.41, 5.74) is 0. The average molecular weight is 236 g/mol. The highest BCUT2D eigenvalue weighted by molar-refractivity contribution is 5.75. The lowest BCUT2D eigenvalue weighted by Gasteiger charge is -2.29. The molecule has 1 saturated carbocycles. The van der Waals surface area contributed by atoms with Gasteiger partial charge in [-0.2, -0.15) is 0 Å². The topological polar surface area (TPSA) is 32.3 Å². The highest BCUT2D eigenvalue weighted by Crippen LogP contribution is 2.20. The SMILES string of the molecule is CCC(=O)NCC#CCN(C)C1CCCCC1. The lowest BCUT2D eigenvalue weighted by molar-refractivity contribution is -0.120. The van der Waals surface area contributed by atoms with Crippen LogP contribution in [0.25, 0.3) is 0 Å². The van der Waals surface area contributed by atoms with Crippen LogP contribution in [0.3, 0.4) is 0 Å². The molecule has 1 N–H and O–H groups in total. The van der Waals surface area contributed by atoms with Gasteiger partial charge in [0.15, 0.2) is 0 Å². The van der Waals surface area contributed by atoms with Crippen molar-refractivity contribution >= 4 is 5.91 Å². The van der Waals surface area contributed by atoms with Crippen LogP contribution in [0.1, 0.15) is 45.4 Å². The van der Waals surface area contributed by atoms with E-state index in [0.29, 0.717) is 19.0 Å². The number of nitrogens with zero attached hydrogens (tertiary/aromatic N) is 1. The molecule has 0 spiro atoms. The molecule has 1 rings (SSSR count). The van der Waals surface area contributed by atoms with Gasteiger partial charge in [0.1, 0.15) is 0 Å². The van der Waals surface area contributed by atoms with Gasteiger partial charge in [-0.25, -0.2) is 0 Å². The van der Waals surface area contributed by atoms with Crippen LogP contribution >= 0.6 is 0 Å². The van der Waals surface area contributed by atoms with Gasteiger partial charge >= 0.3 is 0 Å². The molecule has 3 nitrogen and oxygen atoms in total. The van der Waals surface area contributed by atoms with E-state index in [2.05, 4.69) is 29.1 Å². The second-order valence-electron chi connectivity index (χ2n) is 4.69. The van der Waals surface area contributed by atoms with Crippen LogP contribution in [-0.2, 0) is 4.79 Å². The van der Waals surface area contributed by atoms with Crippen molar-refractivity contribution in [1.29, 1.82) is 0 Å². The van der Waals surface area contributed by atoms with E-state index in [-0.39, 0.29) is 5.91 Å². The predicted molar refractivity (Wildman–Crippen MR) is 70.6 cm³/mol. The zero-order chi connectivity index (χ0) is 12.5. The number of amides is 1. The number of carbonyl (C=O) groups is 1. The van der Waals surface area contributed by atoms with Crippen LogP contribution in [0.4, 0.5) is 0 Å². The Bertz CT molecular complexity index is 284. The lowest BCUT2D eigenvalue weighted by atomic mass is 9.94. The zero-order valence-corrected chi connectivity index (χ0v) is 11.1. The van der Waals surface area contributed by atoms with E-state index in [4.69, 9.17) is 0 Å². The molecule has 0 heterocycles. The van der Waals surface area contributed by atoms with Gasteiger partial charge in [0.2, 0.25) is 5.91 Å². The van der Waals surface area contributed by atoms with Crippen LogP contribution in [0.15, 0.2) is 0 Å². The van der Waals surface area contributed by atoms with Crippen molar-refractivity contribution in [3.63, 3.8) is 0 Å². The summed E-state index contributed by atoms with van der Waals surface area (Å²) in [5.74, 6) is 6.19. The largest absolute Gasteiger partial charge is 0.345 e. The molecule has 0 unspecified atom stereocenters. The van der Waals surface area contributed by atoms with Crippen molar-refractivity contribution in [2.45, 2.75) is 51.5 Å². The third-order valence-electron chi connectivity index (χ3n) is 3.35. The van der Waals surface area contributed by atoms with Crippen molar-refractivity contribution in [2.75, 3.05) is 20.1 Å². The van der Waals surface area contributed by atoms with Crippen LogP contribution in [0.2, 0.25) is 0 Å². The van der Waals surface area contributed by atoms with E-state index in [9.17, 15) is 4.79 Å². The minimum Gasteiger partial charge on any atom is -0.345 e. The average Bonchev–Trinajstić information content (AvgIpc) is 2.38. The maximum atomic E-state index is 11.0. The monoisotopic (exact) mass is 236 g/mol. The third-order valence-corrected chi connectivity index (χ3v) is 3.35. The summed E-state index contributed by atoms with van der Waals surface area (Å²) in [5, 5.41) is 2.75. The molecule has 0 radical (unpaired) electrons. The highest BCUT2D eigenvalue weighted by Gasteiger charge is 2.16. The minimum absolute atomic E-state index is 0.0694. The van der Waals surface area contributed by atoms with E-state index >= 15 is 0 Å². The summed E-state index contributed by atoms with van der Waals surface area (Å²) in [6.45, 7) is 3.14. The molecule has 0 aromatic carbocycles. The van der Waals surface area contributed by atoms with Gasteiger partial charge in [-0.1, -0.05) is 38.0 Å². The molecule has 17 heavy (non-hydrogen) atoms. The summed E-state index contributed by atoms with van der Waals surface area (Å²) >= 11 is 0. The number of carbonyl (C=O) groups excluding carboxylic acids is 1. The van der Waals surface area contributed by atoms with Crippen molar-refractivity contribution < 1.29 is 4.79 Å². The standard InChI is InChI=1S/C14H24N2O/c1-3-14(17)15-11-7-8-12-16(2)13-9-5-4-6-10-13/h13H,3-6,9-12H2,1-2H3,(H,15,17). The van der Waals surface area contributed by atoms with Crippen LogP contribution < -0.4 is 5.32 Å². The maximum absolute atomic E-state index is 11.0. The van der Waals surface area contributed by atoms with E-state index in [1.807, 2.05) is 6.92 Å². The van der Waals surface area contributed by atoms with Crippen LogP contribution in [0.5, 0.6) is 0 Å². The molecular formula is C14H24N2O. The molecule has 0 aromatic rings. The first-order chi connectivity index (χ1) is 8.24. The van der Waals surface area contributed by atoms with Crippen molar-refractivity contribution in [1.82, 2.24) is 10.2 Å². The Labute approximate surface area is 105 Å². The number of hydrogen-bond donors (Lipinski definition) is 1. The zero-order valence-electron chi connectivity index (χ0n) is 11.1. The third kappa shape index (κ3) is 5.74. The Morgan fingerprint density at radius 2 is 2.00 bits per heavy atom. The first-order valence-electron chi connectivity index (χ1n) is 6.66. The van der Waals surface area contributed by atoms with E-state index < -0.39 is 0 Å². The summed E-state index contributed by atoms with van der Waals surface area (Å²) in [6, 6.07) is 0.711. The fraction of sp³-hybridized carbons (Fsp3) is 0.786. The predicted octanol–water partition coefficient (Wildman–Crippen LogP) is 1.78. The van der Waals surface area contributed by atoms with Crippen molar-refractivity contribution in [2.24, 2.45) is 0 Å². The number of hydrogen-bond acceptors (Lipinski definition) is 2. The first-order valence-corrected chi connectivity index (χ1v) is 6.66. The molecular weight excluding hydrogens is 212 g/mol. The molecule has 0 bridgehead atoms. The Hall–Kier alpha value is -1.01. The molecule has 0 aliphatic heterocycles. The molecule has 0 saturated heterocycles. The van der Waals surface area contributed by atoms with Gasteiger partial charge in [0.05, 0.1) is 13.1 Å². The van der Waals surface area contributed by atoms with Crippen molar-refractivity contribution in [3.05, 3.63) is 0 Å². The van der Waals surface area contributed by atoms with Crippen LogP contribution in [-0.4, -0.2) is 37.0 Å². The molecule has 1 aliphatic rings. The molecule has 3 heteroatoms. The van der Waals surface area contributed by atoms with Gasteiger partial charge in [0.25, 0.3) is 0 Å². The normalized spacial score (nSPS) is 16.4. The lowest BCUT2D eigenvalue weighted by Crippen LogP contribution is -2.33. The number of rotatable bonds is 4. The van der Waals surface area contributed by atoms with Crippen molar-refractivity contribution in [3.8, 4) is 11.8 Å². The minimum atomic E-state index is 0.0694. The molecule has 1 fully saturated rings. The summed E-state index contributed by atoms with van der Waals surface area (Å²) < 4.78 is 0. The summed E-state index contributed by atoms with van der Waals surface area (Å²) in [4.78, 5) is 13.3. The Morgan fingerprint density at radius 3 is 2.65 bits per heavy atom. The fourth-order valence-corrected chi connectivity index (χ4v) is 2.16. The highest BCUT2D eigenvalue weighted by atomic mass is 16.1. The van der Waals surface area contributed by atoms with E-state index in [1.165, 1.54) is 32.1 Å². The van der Waals surface area contributed by atoms with Gasteiger partial charge < -0.3 is 5.32 Å². The van der Waals surface area contributed by atoms with Gasteiger partial charge in [-0.15, -0.1) is 0 Å². The van der Waals surface area contributed by atoms with Crippen LogP contribution in [0, 0.1) is 11.8 Å². The quantitative estimate of drug-likeness (QED) is 0.755. The molecule has 96 valence electrons. The first kappa shape index (κ1) is 14.1. The van der Waals surface area contributed by atoms with E-state index in [0.717, 1.165) is 6.54 Å². The Kier molecular flexibility index (Phi) is 6.73. The molecule has 1 aliphatic carbocycles. The van der Waals surface area contributed by atoms with Gasteiger partial charge in [0, 0.05) is 12.5 Å². The Balaban J connectivity index is 2.16. The second-order valence-corrected chi connectivity index (χ2v) is 4.69. The van der Waals surface area contributed by atoms with Gasteiger partial charge in [-0.3, -0.25) is 9.69 Å². The molecule has 0 atom stereocenters.